The molecule has 0 atom stereocenters. The number of likely N-dealkylation sites (tertiary alicyclic amines) is 1. The summed E-state index contributed by atoms with van der Waals surface area (Å²) >= 11 is 7.97. The van der Waals surface area contributed by atoms with Gasteiger partial charge in [-0.05, 0) is 67.7 Å². The van der Waals surface area contributed by atoms with Gasteiger partial charge in [0.25, 0.3) is 0 Å². The predicted molar refractivity (Wildman–Crippen MR) is 119 cm³/mol. The van der Waals surface area contributed by atoms with E-state index in [1.807, 2.05) is 38.1 Å². The summed E-state index contributed by atoms with van der Waals surface area (Å²) in [7, 11) is 0. The van der Waals surface area contributed by atoms with E-state index in [1.54, 1.807) is 11.8 Å². The number of thioether (sulfide) groups is 1. The van der Waals surface area contributed by atoms with Gasteiger partial charge in [0.1, 0.15) is 0 Å². The molecule has 1 heterocycles. The van der Waals surface area contributed by atoms with E-state index < -0.39 is 4.75 Å². The van der Waals surface area contributed by atoms with Gasteiger partial charge in [-0.15, -0.1) is 11.8 Å². The van der Waals surface area contributed by atoms with Crippen LogP contribution in [0.1, 0.15) is 43.4 Å². The number of carbonyl (C=O) groups is 1. The Hall–Kier alpha value is -1.45. The van der Waals surface area contributed by atoms with Crippen molar-refractivity contribution in [2.24, 2.45) is 5.41 Å². The number of piperidine rings is 1. The van der Waals surface area contributed by atoms with Gasteiger partial charge in [0.05, 0.1) is 4.75 Å². The molecule has 148 valence electrons. The summed E-state index contributed by atoms with van der Waals surface area (Å²) < 4.78 is -0.442. The maximum absolute atomic E-state index is 13.2. The molecular weight excluding hydrogens is 386 g/mol. The maximum atomic E-state index is 13.2. The van der Waals surface area contributed by atoms with Crippen LogP contribution in [0.15, 0.2) is 48.5 Å². The van der Waals surface area contributed by atoms with Crippen LogP contribution < -0.4 is 0 Å². The third-order valence-electron chi connectivity index (χ3n) is 6.42. The zero-order valence-corrected chi connectivity index (χ0v) is 18.3. The Morgan fingerprint density at radius 3 is 2.21 bits per heavy atom. The highest BCUT2D eigenvalue weighted by Gasteiger charge is 2.42. The second-order valence-corrected chi connectivity index (χ2v) is 10.8. The fourth-order valence-electron chi connectivity index (χ4n) is 4.63. The molecule has 1 aliphatic heterocycles. The van der Waals surface area contributed by atoms with Crippen molar-refractivity contribution in [3.63, 3.8) is 0 Å². The van der Waals surface area contributed by atoms with Crippen LogP contribution in [-0.2, 0) is 23.4 Å². The number of hydrogen-bond donors (Lipinski definition) is 0. The molecule has 1 fully saturated rings. The molecule has 1 spiro atoms. The molecule has 2 nitrogen and oxygen atoms in total. The van der Waals surface area contributed by atoms with Gasteiger partial charge in [0.15, 0.2) is 0 Å². The Morgan fingerprint density at radius 1 is 1.04 bits per heavy atom. The smallest absolute Gasteiger partial charge is 0.238 e. The summed E-state index contributed by atoms with van der Waals surface area (Å²) in [5, 5.41) is 0.777. The van der Waals surface area contributed by atoms with Crippen molar-refractivity contribution in [1.82, 2.24) is 4.90 Å². The lowest BCUT2D eigenvalue weighted by Crippen LogP contribution is -2.49. The topological polar surface area (TPSA) is 20.3 Å². The number of rotatable bonds is 4. The minimum Gasteiger partial charge on any atom is -0.341 e. The first kappa shape index (κ1) is 19.8. The maximum Gasteiger partial charge on any atom is 0.238 e. The minimum atomic E-state index is -0.442. The summed E-state index contributed by atoms with van der Waals surface area (Å²) in [4.78, 5) is 15.3. The van der Waals surface area contributed by atoms with Crippen LogP contribution in [0.2, 0.25) is 5.02 Å². The fourth-order valence-corrected chi connectivity index (χ4v) is 5.93. The number of fused-ring (bicyclic) bond motifs is 1. The zero-order chi connectivity index (χ0) is 19.8. The second-order valence-electron chi connectivity index (χ2n) is 8.80. The molecule has 0 saturated carbocycles. The molecule has 4 rings (SSSR count). The van der Waals surface area contributed by atoms with Crippen LogP contribution in [-0.4, -0.2) is 28.6 Å². The van der Waals surface area contributed by atoms with Gasteiger partial charge < -0.3 is 4.90 Å². The molecule has 1 saturated heterocycles. The lowest BCUT2D eigenvalue weighted by atomic mass is 9.76. The third-order valence-corrected chi connectivity index (χ3v) is 8.14. The van der Waals surface area contributed by atoms with E-state index in [2.05, 4.69) is 29.2 Å². The van der Waals surface area contributed by atoms with E-state index in [-0.39, 0.29) is 5.91 Å². The van der Waals surface area contributed by atoms with E-state index in [0.717, 1.165) is 42.3 Å². The molecule has 0 bridgehead atoms. The number of hydrogen-bond acceptors (Lipinski definition) is 2. The molecule has 2 aliphatic rings. The number of carbonyl (C=O) groups excluding carboxylic acids is 1. The molecule has 0 aromatic heterocycles. The van der Waals surface area contributed by atoms with Gasteiger partial charge >= 0.3 is 0 Å². The van der Waals surface area contributed by atoms with Gasteiger partial charge in [-0.3, -0.25) is 4.79 Å². The number of benzene rings is 2. The standard InChI is InChI=1S/C24H28ClNOS/c1-23(2,28-17-20-9-5-6-10-21(20)25)22(27)26-13-11-24(12-14-26)15-18-7-3-4-8-19(18)16-24/h3-10H,11-17H2,1-2H3. The highest BCUT2D eigenvalue weighted by molar-refractivity contribution is 8.00. The van der Waals surface area contributed by atoms with Crippen LogP contribution in [0.5, 0.6) is 0 Å². The first-order valence-corrected chi connectivity index (χ1v) is 11.5. The molecule has 1 amide bonds. The van der Waals surface area contributed by atoms with Crippen molar-refractivity contribution in [1.29, 1.82) is 0 Å². The molecule has 4 heteroatoms. The van der Waals surface area contributed by atoms with Gasteiger partial charge in [-0.1, -0.05) is 54.1 Å². The van der Waals surface area contributed by atoms with Crippen molar-refractivity contribution >= 4 is 29.3 Å². The SMILES string of the molecule is CC(C)(SCc1ccccc1Cl)C(=O)N1CCC2(CC1)Cc1ccccc1C2. The highest BCUT2D eigenvalue weighted by Crippen LogP contribution is 2.45. The lowest BCUT2D eigenvalue weighted by Gasteiger charge is -2.42. The highest BCUT2D eigenvalue weighted by atomic mass is 35.5. The van der Waals surface area contributed by atoms with E-state index in [9.17, 15) is 4.79 Å². The van der Waals surface area contributed by atoms with Crippen LogP contribution in [0.3, 0.4) is 0 Å². The van der Waals surface area contributed by atoms with Crippen LogP contribution in [0, 0.1) is 5.41 Å². The summed E-state index contributed by atoms with van der Waals surface area (Å²) in [6.07, 6.45) is 4.57. The van der Waals surface area contributed by atoms with Crippen molar-refractivity contribution in [3.05, 3.63) is 70.2 Å². The summed E-state index contributed by atoms with van der Waals surface area (Å²) in [6.45, 7) is 5.85. The largest absolute Gasteiger partial charge is 0.341 e. The molecule has 0 N–H and O–H groups in total. The zero-order valence-electron chi connectivity index (χ0n) is 16.7. The van der Waals surface area contributed by atoms with E-state index in [4.69, 9.17) is 11.6 Å². The first-order chi connectivity index (χ1) is 13.4. The summed E-state index contributed by atoms with van der Waals surface area (Å²) in [5.74, 6) is 1.01. The monoisotopic (exact) mass is 413 g/mol. The predicted octanol–water partition coefficient (Wildman–Crippen LogP) is 5.76. The van der Waals surface area contributed by atoms with E-state index in [1.165, 1.54) is 24.0 Å². The third kappa shape index (κ3) is 3.97. The second kappa shape index (κ2) is 7.76. The number of nitrogens with zero attached hydrogens (tertiary/aromatic N) is 1. The van der Waals surface area contributed by atoms with E-state index >= 15 is 0 Å². The van der Waals surface area contributed by atoms with Crippen molar-refractivity contribution in [3.8, 4) is 0 Å². The Bertz CT molecular complexity index is 843. The normalized spacial score (nSPS) is 18.3. The van der Waals surface area contributed by atoms with E-state index in [0.29, 0.717) is 5.41 Å². The van der Waals surface area contributed by atoms with Crippen molar-refractivity contribution in [2.75, 3.05) is 13.1 Å². The summed E-state index contributed by atoms with van der Waals surface area (Å²) in [5.41, 5.74) is 4.49. The molecule has 1 aliphatic carbocycles. The number of halogens is 1. The van der Waals surface area contributed by atoms with Gasteiger partial charge in [-0.25, -0.2) is 0 Å². The number of amides is 1. The Morgan fingerprint density at radius 2 is 1.61 bits per heavy atom. The summed E-state index contributed by atoms with van der Waals surface area (Å²) in [6, 6.07) is 16.7. The van der Waals surface area contributed by atoms with Crippen LogP contribution in [0.4, 0.5) is 0 Å². The average molecular weight is 414 g/mol. The first-order valence-electron chi connectivity index (χ1n) is 10.1. The molecule has 2 aromatic rings. The molecule has 0 unspecified atom stereocenters. The Kier molecular flexibility index (Phi) is 5.50. The fraction of sp³-hybridized carbons (Fsp3) is 0.458. The average Bonchev–Trinajstić information content (AvgIpc) is 3.05. The molecule has 0 radical (unpaired) electrons. The van der Waals surface area contributed by atoms with Gasteiger partial charge in [0.2, 0.25) is 5.91 Å². The Balaban J connectivity index is 1.35. The Labute approximate surface area is 177 Å². The van der Waals surface area contributed by atoms with Crippen molar-refractivity contribution < 1.29 is 4.79 Å². The molecule has 28 heavy (non-hydrogen) atoms. The van der Waals surface area contributed by atoms with Gasteiger partial charge in [-0.2, -0.15) is 0 Å². The van der Waals surface area contributed by atoms with Crippen molar-refractivity contribution in [2.45, 2.75) is 50.0 Å². The van der Waals surface area contributed by atoms with Crippen LogP contribution >= 0.6 is 23.4 Å². The quantitative estimate of drug-likeness (QED) is 0.635. The van der Waals surface area contributed by atoms with Gasteiger partial charge in [0, 0.05) is 23.9 Å². The molecular formula is C24H28ClNOS. The molecule has 2 aromatic carbocycles. The lowest BCUT2D eigenvalue weighted by molar-refractivity contribution is -0.135. The van der Waals surface area contributed by atoms with Crippen LogP contribution in [0.25, 0.3) is 0 Å². The minimum absolute atomic E-state index is 0.259.